The van der Waals surface area contributed by atoms with Crippen molar-refractivity contribution < 1.29 is 9.53 Å². The maximum Gasteiger partial charge on any atom is 0.277 e. The van der Waals surface area contributed by atoms with E-state index in [-0.39, 0.29) is 24.4 Å². The molecule has 8 heteroatoms. The lowest BCUT2D eigenvalue weighted by Crippen LogP contribution is -2.26. The molecular weight excluding hydrogens is 382 g/mol. The molecule has 150 valence electrons. The number of nitrogens with one attached hydrogen (secondary N) is 1. The number of hydrogen-bond acceptors (Lipinski definition) is 6. The van der Waals surface area contributed by atoms with Crippen LogP contribution in [-0.2, 0) is 11.3 Å². The number of ether oxygens (including phenoxy) is 1. The number of amides is 1. The summed E-state index contributed by atoms with van der Waals surface area (Å²) < 4.78 is 7.00. The Labute approximate surface area is 172 Å². The van der Waals surface area contributed by atoms with Gasteiger partial charge in [0.1, 0.15) is 17.0 Å². The Balaban J connectivity index is 1.39. The maximum absolute atomic E-state index is 12.4. The third kappa shape index (κ3) is 4.33. The van der Waals surface area contributed by atoms with Crippen LogP contribution in [0.1, 0.15) is 12.0 Å². The van der Waals surface area contributed by atoms with Crippen LogP contribution < -0.4 is 15.6 Å². The van der Waals surface area contributed by atoms with Crippen molar-refractivity contribution in [1.29, 1.82) is 0 Å². The van der Waals surface area contributed by atoms with Crippen molar-refractivity contribution in [2.24, 2.45) is 0 Å². The monoisotopic (exact) mass is 401 g/mol. The van der Waals surface area contributed by atoms with Gasteiger partial charge in [-0.3, -0.25) is 14.6 Å². The van der Waals surface area contributed by atoms with Crippen LogP contribution in [0.2, 0.25) is 0 Å². The Morgan fingerprint density at radius 3 is 2.80 bits per heavy atom. The molecule has 0 radical (unpaired) electrons. The minimum absolute atomic E-state index is 0.0971. The molecule has 2 aromatic carbocycles. The fourth-order valence-electron chi connectivity index (χ4n) is 2.98. The predicted molar refractivity (Wildman–Crippen MR) is 113 cm³/mol. The first-order chi connectivity index (χ1) is 14.6. The molecule has 4 rings (SSSR count). The van der Waals surface area contributed by atoms with E-state index >= 15 is 0 Å². The number of rotatable bonds is 6. The van der Waals surface area contributed by atoms with Crippen molar-refractivity contribution in [2.75, 3.05) is 5.32 Å². The van der Waals surface area contributed by atoms with Crippen molar-refractivity contribution in [2.45, 2.75) is 19.9 Å². The quantitative estimate of drug-likeness (QED) is 0.532. The predicted octanol–water partition coefficient (Wildman–Crippen LogP) is 3.32. The van der Waals surface area contributed by atoms with E-state index in [2.05, 4.69) is 20.6 Å². The summed E-state index contributed by atoms with van der Waals surface area (Å²) in [6.45, 7) is 2.04. The second-order valence-corrected chi connectivity index (χ2v) is 6.70. The summed E-state index contributed by atoms with van der Waals surface area (Å²) >= 11 is 0. The minimum atomic E-state index is -0.263. The van der Waals surface area contributed by atoms with E-state index in [0.29, 0.717) is 28.1 Å². The summed E-state index contributed by atoms with van der Waals surface area (Å²) in [5.74, 6) is 1.09. The highest BCUT2D eigenvalue weighted by Crippen LogP contribution is 2.26. The first-order valence-electron chi connectivity index (χ1n) is 9.41. The lowest BCUT2D eigenvalue weighted by molar-refractivity contribution is -0.116. The van der Waals surface area contributed by atoms with Crippen LogP contribution in [0.5, 0.6) is 11.5 Å². The maximum atomic E-state index is 12.4. The van der Waals surface area contributed by atoms with E-state index in [1.54, 1.807) is 54.9 Å². The molecule has 0 bridgehead atoms. The average molecular weight is 401 g/mol. The molecule has 1 amide bonds. The molecule has 0 aliphatic rings. The molecule has 30 heavy (non-hydrogen) atoms. The van der Waals surface area contributed by atoms with E-state index in [0.717, 1.165) is 5.56 Å². The molecule has 4 aromatic rings. The second kappa shape index (κ2) is 8.52. The number of hydrogen-bond donors (Lipinski definition) is 1. The molecular formula is C22H19N5O3. The zero-order valence-corrected chi connectivity index (χ0v) is 16.3. The molecule has 0 unspecified atom stereocenters. The van der Waals surface area contributed by atoms with E-state index in [1.807, 2.05) is 19.1 Å². The Kier molecular flexibility index (Phi) is 5.47. The third-order valence-electron chi connectivity index (χ3n) is 4.50. The van der Waals surface area contributed by atoms with Crippen LogP contribution in [0, 0.1) is 6.92 Å². The molecule has 1 N–H and O–H groups in total. The number of anilines is 1. The standard InChI is InChI=1S/C22H19N5O3/c1-15-13-16(8-9-20(15)30-17-5-4-11-23-14-17)24-21(28)10-12-27-22(29)18-6-2-3-7-19(18)25-26-27/h2-9,11,13-14H,10,12H2,1H3,(H,24,28). The molecule has 0 fully saturated rings. The summed E-state index contributed by atoms with van der Waals surface area (Å²) in [7, 11) is 0. The highest BCUT2D eigenvalue weighted by Gasteiger charge is 2.09. The van der Waals surface area contributed by atoms with Crippen molar-refractivity contribution in [3.8, 4) is 11.5 Å². The van der Waals surface area contributed by atoms with E-state index in [4.69, 9.17) is 4.74 Å². The number of aromatic nitrogens is 4. The molecule has 0 aliphatic heterocycles. The molecule has 0 saturated carbocycles. The topological polar surface area (TPSA) is 99.0 Å². The van der Waals surface area contributed by atoms with Gasteiger partial charge in [0.15, 0.2) is 0 Å². The fraction of sp³-hybridized carbons (Fsp3) is 0.136. The zero-order chi connectivity index (χ0) is 20.9. The van der Waals surface area contributed by atoms with Crippen LogP contribution >= 0.6 is 0 Å². The summed E-state index contributed by atoms with van der Waals surface area (Å²) in [5, 5.41) is 11.2. The van der Waals surface area contributed by atoms with Crippen molar-refractivity contribution in [3.05, 3.63) is 82.9 Å². The van der Waals surface area contributed by atoms with Gasteiger partial charge in [0.2, 0.25) is 5.91 Å². The van der Waals surface area contributed by atoms with Crippen LogP contribution in [-0.4, -0.2) is 25.9 Å². The number of nitrogens with zero attached hydrogens (tertiary/aromatic N) is 4. The molecule has 2 aromatic heterocycles. The fourth-order valence-corrected chi connectivity index (χ4v) is 2.98. The van der Waals surface area contributed by atoms with Crippen LogP contribution in [0.15, 0.2) is 71.8 Å². The second-order valence-electron chi connectivity index (χ2n) is 6.70. The Bertz CT molecular complexity index is 1250. The van der Waals surface area contributed by atoms with Gasteiger partial charge in [0.05, 0.1) is 18.1 Å². The van der Waals surface area contributed by atoms with Crippen LogP contribution in [0.3, 0.4) is 0 Å². The van der Waals surface area contributed by atoms with Gasteiger partial charge in [-0.05, 0) is 55.0 Å². The molecule has 8 nitrogen and oxygen atoms in total. The van der Waals surface area contributed by atoms with Gasteiger partial charge in [-0.2, -0.15) is 0 Å². The van der Waals surface area contributed by atoms with E-state index in [9.17, 15) is 9.59 Å². The number of carbonyl (C=O) groups is 1. The molecule has 0 saturated heterocycles. The number of aryl methyl sites for hydroxylation is 2. The summed E-state index contributed by atoms with van der Waals surface area (Å²) in [4.78, 5) is 28.8. The van der Waals surface area contributed by atoms with E-state index in [1.165, 1.54) is 4.68 Å². The largest absolute Gasteiger partial charge is 0.455 e. The Morgan fingerprint density at radius 2 is 2.00 bits per heavy atom. The number of benzene rings is 2. The molecule has 0 atom stereocenters. The lowest BCUT2D eigenvalue weighted by Gasteiger charge is -2.11. The van der Waals surface area contributed by atoms with Crippen molar-refractivity contribution in [1.82, 2.24) is 20.0 Å². The summed E-state index contributed by atoms with van der Waals surface area (Å²) in [5.41, 5.74) is 1.79. The average Bonchev–Trinajstić information content (AvgIpc) is 2.76. The SMILES string of the molecule is Cc1cc(NC(=O)CCn2nnc3ccccc3c2=O)ccc1Oc1cccnc1. The van der Waals surface area contributed by atoms with Gasteiger partial charge in [0.25, 0.3) is 5.56 Å². The number of carbonyl (C=O) groups excluding carboxylic acids is 1. The summed E-state index contributed by atoms with van der Waals surface area (Å²) in [6, 6.07) is 16.0. The van der Waals surface area contributed by atoms with Crippen molar-refractivity contribution in [3.63, 3.8) is 0 Å². The van der Waals surface area contributed by atoms with Gasteiger partial charge >= 0.3 is 0 Å². The Morgan fingerprint density at radius 1 is 1.13 bits per heavy atom. The minimum Gasteiger partial charge on any atom is -0.455 e. The smallest absolute Gasteiger partial charge is 0.277 e. The van der Waals surface area contributed by atoms with Gasteiger partial charge in [0, 0.05) is 18.3 Å². The Hall–Kier alpha value is -4.07. The normalized spacial score (nSPS) is 10.7. The van der Waals surface area contributed by atoms with Crippen molar-refractivity contribution >= 4 is 22.5 Å². The highest BCUT2D eigenvalue weighted by molar-refractivity contribution is 5.90. The van der Waals surface area contributed by atoms with Gasteiger partial charge in [-0.1, -0.05) is 17.3 Å². The van der Waals surface area contributed by atoms with Gasteiger partial charge < -0.3 is 10.1 Å². The number of fused-ring (bicyclic) bond motifs is 1. The molecule has 0 aliphatic carbocycles. The zero-order valence-electron chi connectivity index (χ0n) is 16.3. The van der Waals surface area contributed by atoms with Gasteiger partial charge in [-0.25, -0.2) is 4.68 Å². The van der Waals surface area contributed by atoms with Crippen LogP contribution in [0.25, 0.3) is 10.9 Å². The highest BCUT2D eigenvalue weighted by atomic mass is 16.5. The molecule has 0 spiro atoms. The number of pyridine rings is 1. The first kappa shape index (κ1) is 19.3. The lowest BCUT2D eigenvalue weighted by atomic mass is 10.2. The van der Waals surface area contributed by atoms with E-state index < -0.39 is 0 Å². The molecule has 2 heterocycles. The van der Waals surface area contributed by atoms with Crippen LogP contribution in [0.4, 0.5) is 5.69 Å². The first-order valence-corrected chi connectivity index (χ1v) is 9.41. The third-order valence-corrected chi connectivity index (χ3v) is 4.50. The van der Waals surface area contributed by atoms with Gasteiger partial charge in [-0.15, -0.1) is 5.10 Å². The summed E-state index contributed by atoms with van der Waals surface area (Å²) in [6.07, 6.45) is 3.41.